The topological polar surface area (TPSA) is 87.3 Å². The van der Waals surface area contributed by atoms with Crippen molar-refractivity contribution in [1.29, 1.82) is 0 Å². The second kappa shape index (κ2) is 10.8. The molecule has 0 aliphatic rings. The van der Waals surface area contributed by atoms with E-state index in [-0.39, 0.29) is 41.0 Å². The van der Waals surface area contributed by atoms with E-state index >= 15 is 0 Å². The molecule has 3 amide bonds. The van der Waals surface area contributed by atoms with E-state index in [0.717, 1.165) is 0 Å². The van der Waals surface area contributed by atoms with Crippen molar-refractivity contribution < 1.29 is 18.8 Å². The summed E-state index contributed by atoms with van der Waals surface area (Å²) in [5.74, 6) is -1.64. The summed E-state index contributed by atoms with van der Waals surface area (Å²) in [4.78, 5) is 36.2. The summed E-state index contributed by atoms with van der Waals surface area (Å²) in [5, 5.41) is 8.12. The SMILES string of the molecule is CC(NC(=O)c1cccc(Cl)c1Cl)C(=O)NCCNC(=O)Cc1cccc(F)c1. The van der Waals surface area contributed by atoms with Crippen molar-refractivity contribution in [2.24, 2.45) is 0 Å². The molecule has 29 heavy (non-hydrogen) atoms. The molecule has 2 aromatic carbocycles. The average Bonchev–Trinajstić information content (AvgIpc) is 2.67. The zero-order chi connectivity index (χ0) is 21.4. The molecule has 154 valence electrons. The lowest BCUT2D eigenvalue weighted by atomic mass is 10.1. The Hall–Kier alpha value is -2.64. The molecule has 9 heteroatoms. The molecule has 0 spiro atoms. The highest BCUT2D eigenvalue weighted by atomic mass is 35.5. The van der Waals surface area contributed by atoms with Crippen LogP contribution in [-0.2, 0) is 16.0 Å². The van der Waals surface area contributed by atoms with E-state index in [1.807, 2.05) is 0 Å². The van der Waals surface area contributed by atoms with Crippen molar-refractivity contribution in [3.05, 3.63) is 69.5 Å². The molecule has 0 bridgehead atoms. The van der Waals surface area contributed by atoms with Crippen LogP contribution in [0.15, 0.2) is 42.5 Å². The summed E-state index contributed by atoms with van der Waals surface area (Å²) in [6, 6.07) is 9.60. The van der Waals surface area contributed by atoms with Gasteiger partial charge in [-0.1, -0.05) is 41.4 Å². The number of nitrogens with one attached hydrogen (secondary N) is 3. The van der Waals surface area contributed by atoms with E-state index in [9.17, 15) is 18.8 Å². The summed E-state index contributed by atoms with van der Waals surface area (Å²) in [7, 11) is 0. The van der Waals surface area contributed by atoms with Crippen LogP contribution in [0.3, 0.4) is 0 Å². The number of carbonyl (C=O) groups is 3. The van der Waals surface area contributed by atoms with Gasteiger partial charge in [0.15, 0.2) is 0 Å². The van der Waals surface area contributed by atoms with Gasteiger partial charge in [0.2, 0.25) is 11.8 Å². The predicted octanol–water partition coefficient (Wildman–Crippen LogP) is 2.73. The number of rotatable bonds is 8. The Balaban J connectivity index is 1.72. The van der Waals surface area contributed by atoms with Crippen LogP contribution < -0.4 is 16.0 Å². The fourth-order valence-electron chi connectivity index (χ4n) is 2.45. The maximum Gasteiger partial charge on any atom is 0.253 e. The average molecular weight is 440 g/mol. The predicted molar refractivity (Wildman–Crippen MR) is 110 cm³/mol. The fourth-order valence-corrected chi connectivity index (χ4v) is 2.84. The molecule has 1 atom stereocenters. The Morgan fingerprint density at radius 3 is 2.45 bits per heavy atom. The Bertz CT molecular complexity index is 908. The van der Waals surface area contributed by atoms with E-state index in [4.69, 9.17) is 23.2 Å². The van der Waals surface area contributed by atoms with Gasteiger partial charge in [0, 0.05) is 13.1 Å². The largest absolute Gasteiger partial charge is 0.354 e. The Kier molecular flexibility index (Phi) is 8.42. The monoisotopic (exact) mass is 439 g/mol. The van der Waals surface area contributed by atoms with Gasteiger partial charge in [-0.25, -0.2) is 4.39 Å². The van der Waals surface area contributed by atoms with E-state index in [0.29, 0.717) is 5.56 Å². The van der Waals surface area contributed by atoms with E-state index in [2.05, 4.69) is 16.0 Å². The van der Waals surface area contributed by atoms with Crippen molar-refractivity contribution in [2.45, 2.75) is 19.4 Å². The number of carbonyl (C=O) groups excluding carboxylic acids is 3. The molecule has 3 N–H and O–H groups in total. The third kappa shape index (κ3) is 7.03. The zero-order valence-electron chi connectivity index (χ0n) is 15.6. The number of halogens is 3. The second-order valence-corrected chi connectivity index (χ2v) is 7.03. The third-order valence-corrected chi connectivity index (χ3v) is 4.76. The first-order valence-electron chi connectivity index (χ1n) is 8.81. The maximum atomic E-state index is 13.1. The highest BCUT2D eigenvalue weighted by Gasteiger charge is 2.19. The Morgan fingerprint density at radius 2 is 1.72 bits per heavy atom. The molecule has 0 aliphatic carbocycles. The molecule has 0 aromatic heterocycles. The lowest BCUT2D eigenvalue weighted by Gasteiger charge is -2.15. The molecular weight excluding hydrogens is 420 g/mol. The normalized spacial score (nSPS) is 11.4. The molecule has 0 heterocycles. The number of hydrogen-bond donors (Lipinski definition) is 3. The number of hydrogen-bond acceptors (Lipinski definition) is 3. The zero-order valence-corrected chi connectivity index (χ0v) is 17.1. The molecular formula is C20H20Cl2FN3O3. The van der Waals surface area contributed by atoms with Crippen LogP contribution in [0.2, 0.25) is 10.0 Å². The summed E-state index contributed by atoms with van der Waals surface area (Å²) in [6.45, 7) is 1.89. The second-order valence-electron chi connectivity index (χ2n) is 6.24. The van der Waals surface area contributed by atoms with Crippen LogP contribution in [0.1, 0.15) is 22.8 Å². The van der Waals surface area contributed by atoms with E-state index in [1.54, 1.807) is 18.2 Å². The highest BCUT2D eigenvalue weighted by Crippen LogP contribution is 2.25. The summed E-state index contributed by atoms with van der Waals surface area (Å²) >= 11 is 11.9. The van der Waals surface area contributed by atoms with Crippen molar-refractivity contribution in [2.75, 3.05) is 13.1 Å². The quantitative estimate of drug-likeness (QED) is 0.552. The third-order valence-electron chi connectivity index (χ3n) is 3.94. The van der Waals surface area contributed by atoms with Crippen LogP contribution in [0, 0.1) is 5.82 Å². The van der Waals surface area contributed by atoms with Crippen LogP contribution in [0.4, 0.5) is 4.39 Å². The first-order chi connectivity index (χ1) is 13.8. The van der Waals surface area contributed by atoms with Crippen LogP contribution in [-0.4, -0.2) is 36.9 Å². The summed E-state index contributed by atoms with van der Waals surface area (Å²) in [6.07, 6.45) is 0.0402. The van der Waals surface area contributed by atoms with Gasteiger partial charge >= 0.3 is 0 Å². The molecule has 0 fully saturated rings. The van der Waals surface area contributed by atoms with Gasteiger partial charge in [-0.15, -0.1) is 0 Å². The molecule has 0 radical (unpaired) electrons. The minimum Gasteiger partial charge on any atom is -0.354 e. The van der Waals surface area contributed by atoms with Gasteiger partial charge < -0.3 is 16.0 Å². The molecule has 0 aliphatic heterocycles. The van der Waals surface area contributed by atoms with Crippen molar-refractivity contribution in [1.82, 2.24) is 16.0 Å². The minimum absolute atomic E-state index is 0.0402. The minimum atomic E-state index is -0.819. The van der Waals surface area contributed by atoms with E-state index in [1.165, 1.54) is 31.2 Å². The summed E-state index contributed by atoms with van der Waals surface area (Å²) < 4.78 is 13.1. The maximum absolute atomic E-state index is 13.1. The van der Waals surface area contributed by atoms with Crippen molar-refractivity contribution in [3.63, 3.8) is 0 Å². The highest BCUT2D eigenvalue weighted by molar-refractivity contribution is 6.43. The fraction of sp³-hybridized carbons (Fsp3) is 0.250. The first-order valence-corrected chi connectivity index (χ1v) is 9.57. The lowest BCUT2D eigenvalue weighted by molar-refractivity contribution is -0.123. The lowest BCUT2D eigenvalue weighted by Crippen LogP contribution is -2.46. The van der Waals surface area contributed by atoms with Gasteiger partial charge in [0.05, 0.1) is 22.0 Å². The molecule has 2 aromatic rings. The molecule has 0 saturated heterocycles. The Morgan fingerprint density at radius 1 is 1.03 bits per heavy atom. The molecule has 2 rings (SSSR count). The molecule has 1 unspecified atom stereocenters. The van der Waals surface area contributed by atoms with Crippen molar-refractivity contribution >= 4 is 40.9 Å². The van der Waals surface area contributed by atoms with Crippen molar-refractivity contribution in [3.8, 4) is 0 Å². The molecule has 6 nitrogen and oxygen atoms in total. The van der Waals surface area contributed by atoms with Gasteiger partial charge in [-0.05, 0) is 36.8 Å². The van der Waals surface area contributed by atoms with Crippen LogP contribution >= 0.6 is 23.2 Å². The van der Waals surface area contributed by atoms with Crippen LogP contribution in [0.25, 0.3) is 0 Å². The number of amides is 3. The Labute approximate surface area is 177 Å². The van der Waals surface area contributed by atoms with E-state index < -0.39 is 23.7 Å². The standard InChI is InChI=1S/C20H20Cl2FN3O3/c1-12(26-20(29)15-6-3-7-16(21)18(15)22)19(28)25-9-8-24-17(27)11-13-4-2-5-14(23)10-13/h2-7,10,12H,8-9,11H2,1H3,(H,24,27)(H,25,28)(H,26,29). The smallest absolute Gasteiger partial charge is 0.253 e. The van der Waals surface area contributed by atoms with Gasteiger partial charge in [0.25, 0.3) is 5.91 Å². The summed E-state index contributed by atoms with van der Waals surface area (Å²) in [5.41, 5.74) is 0.728. The van der Waals surface area contributed by atoms with Gasteiger partial charge in [0.1, 0.15) is 11.9 Å². The first kappa shape index (κ1) is 22.6. The van der Waals surface area contributed by atoms with Crippen LogP contribution in [0.5, 0.6) is 0 Å². The van der Waals surface area contributed by atoms with Gasteiger partial charge in [-0.2, -0.15) is 0 Å². The number of benzene rings is 2. The van der Waals surface area contributed by atoms with Gasteiger partial charge in [-0.3, -0.25) is 14.4 Å². The molecule has 0 saturated carbocycles.